The van der Waals surface area contributed by atoms with Crippen LogP contribution in [0.2, 0.25) is 0 Å². The molecule has 128 heavy (non-hydrogen) atoms. The number of aliphatic hydroxyl groups is 8. The van der Waals surface area contributed by atoms with E-state index in [2.05, 4.69) is 217 Å². The molecule has 3 fully saturated rings. The number of phosphoric acid groups is 2. The van der Waals surface area contributed by atoms with Crippen molar-refractivity contribution in [2.24, 2.45) is 5.92 Å². The molecule has 3 unspecified atom stereocenters. The predicted molar refractivity (Wildman–Crippen MR) is 514 cm³/mol. The standard InChI is InChI=1S/C102H170N2O22P2/c1-70(2)35-20-36-71(3)37-21-38-72(4)39-22-40-73(5)41-23-42-74(6)43-24-44-75(7)45-25-46-76(8)47-26-48-77(9)49-27-50-78(10)51-28-52-79(11)53-29-54-80(12)55-30-56-81(13)57-31-58-82(14)59-32-60-83(15)61-33-62-84(16)63-34-64-85(17)65-66-119-127(115,116)126-128(117,118)125-101-92(104-87(19)109)95(112)98(90(69-107)122-101)123-100-91(103-86(18)108)94(111)99(89(68-106)121-100)124-102-97(114)96(113)93(110)88(67-105)120-102/h35,37,39,41,43,45,47,49,51,53,55,57,59,61,63,85,88-102,105-107,110-114H,20-34,36,38,40,42,44,46,48,50,52,54,56,58,60,62,64-69H2,1-19H3,(H,103,108)(H,104,109)(H,115,116)(H,117,118)/t85?,88-,89-,90-,91-,92-,93-,94-,95-,96+,97+,98-,99-,100+,101+,102+/m1/s1. The maximum atomic E-state index is 13.4. The van der Waals surface area contributed by atoms with Gasteiger partial charge in [-0.05, 0) is 316 Å². The van der Waals surface area contributed by atoms with Gasteiger partial charge in [-0.15, -0.1) is 0 Å². The number of ether oxygens (including phenoxy) is 5. The van der Waals surface area contributed by atoms with Crippen molar-refractivity contribution in [3.63, 3.8) is 0 Å². The van der Waals surface area contributed by atoms with E-state index < -0.39 is 139 Å². The Morgan fingerprint density at radius 1 is 0.320 bits per heavy atom. The number of hydrogen-bond acceptors (Lipinski definition) is 20. The van der Waals surface area contributed by atoms with Crippen LogP contribution in [-0.2, 0) is 55.8 Å². The van der Waals surface area contributed by atoms with Crippen LogP contribution in [0.15, 0.2) is 175 Å². The van der Waals surface area contributed by atoms with E-state index in [9.17, 15) is 69.4 Å². The molecule has 3 heterocycles. The van der Waals surface area contributed by atoms with Crippen LogP contribution < -0.4 is 10.6 Å². The Labute approximate surface area is 770 Å². The Hall–Kier alpha value is -5.22. The van der Waals surface area contributed by atoms with Crippen LogP contribution >= 0.6 is 15.6 Å². The molecule has 3 saturated heterocycles. The van der Waals surface area contributed by atoms with Crippen LogP contribution in [0.5, 0.6) is 0 Å². The Morgan fingerprint density at radius 3 is 0.844 bits per heavy atom. The van der Waals surface area contributed by atoms with Crippen LogP contribution in [0.25, 0.3) is 0 Å². The summed E-state index contributed by atoms with van der Waals surface area (Å²) in [6.07, 6.45) is 44.7. The minimum Gasteiger partial charge on any atom is -0.394 e. The molecule has 0 saturated carbocycles. The van der Waals surface area contributed by atoms with Gasteiger partial charge >= 0.3 is 15.6 Å². The third-order valence-electron chi connectivity index (χ3n) is 23.8. The quantitative estimate of drug-likeness (QED) is 0.0199. The SMILES string of the molecule is CC(=O)N[C@H]1[C@H](O[C@H]2[C@H](O)[C@@H](NC(C)=O)[C@H](OP(=O)(O)OP(=O)(O)OCCC(C)CCC=C(C)CCC=C(C)CCC=C(C)CCC=C(C)CCC=C(C)CCC=C(C)CCC=C(C)CCC=C(C)CCC=C(C)CCC=C(C)CCC=C(C)CCC=C(C)CCC=C(C)CCC=C(C)CCC=C(C)C)O[C@@H]2CO)O[C@H](CO)[C@@H](O[C@@H]2O[C@H](CO)[C@@H](O)[C@H](O)[C@@H]2O)[C@@H]1O. The lowest BCUT2D eigenvalue weighted by molar-refractivity contribution is -0.360. The van der Waals surface area contributed by atoms with Crippen LogP contribution in [0, 0.1) is 5.92 Å². The molecule has 0 aromatic heterocycles. The molecule has 24 nitrogen and oxygen atoms in total. The monoisotopic (exact) mass is 1840 g/mol. The summed E-state index contributed by atoms with van der Waals surface area (Å²) in [7, 11) is -11.0. The minimum atomic E-state index is -5.70. The molecule has 0 spiro atoms. The number of carbonyl (C=O) groups excluding carboxylic acids is 2. The molecule has 0 aliphatic carbocycles. The lowest BCUT2D eigenvalue weighted by Gasteiger charge is -2.49. The van der Waals surface area contributed by atoms with E-state index in [1.165, 1.54) is 96.4 Å². The predicted octanol–water partition coefficient (Wildman–Crippen LogP) is 20.9. The Balaban J connectivity index is 1.28. The summed E-state index contributed by atoms with van der Waals surface area (Å²) in [4.78, 5) is 46.3. The first kappa shape index (κ1) is 117. The molecule has 26 heteroatoms. The van der Waals surface area contributed by atoms with E-state index in [0.29, 0.717) is 6.42 Å². The van der Waals surface area contributed by atoms with Crippen molar-refractivity contribution in [3.8, 4) is 0 Å². The largest absolute Gasteiger partial charge is 0.483 e. The van der Waals surface area contributed by atoms with Crippen molar-refractivity contribution < 1.29 is 106 Å². The summed E-state index contributed by atoms with van der Waals surface area (Å²) in [6.45, 7) is 36.8. The van der Waals surface area contributed by atoms with Gasteiger partial charge in [0.2, 0.25) is 11.8 Å². The highest BCUT2D eigenvalue weighted by atomic mass is 31.3. The van der Waals surface area contributed by atoms with Crippen molar-refractivity contribution in [1.82, 2.24) is 10.6 Å². The second-order valence-corrected chi connectivity index (χ2v) is 39.7. The number of nitrogens with one attached hydrogen (secondary N) is 2. The summed E-state index contributed by atoms with van der Waals surface area (Å²) in [5.41, 5.74) is 21.8. The molecule has 3 rings (SSSR count). The normalized spacial score (nSPS) is 25.9. The first-order valence-corrected chi connectivity index (χ1v) is 50.1. The van der Waals surface area contributed by atoms with Gasteiger partial charge in [0.25, 0.3) is 0 Å². The average Bonchev–Trinajstić information content (AvgIpc) is 0.765. The molecule has 3 aliphatic rings. The van der Waals surface area contributed by atoms with Gasteiger partial charge in [-0.3, -0.25) is 18.6 Å². The third kappa shape index (κ3) is 50.8. The van der Waals surface area contributed by atoms with E-state index in [0.717, 1.165) is 187 Å². The number of amides is 2. The van der Waals surface area contributed by atoms with E-state index in [1.807, 2.05) is 6.92 Å². The second kappa shape index (κ2) is 64.6. The van der Waals surface area contributed by atoms with Crippen LogP contribution in [0.4, 0.5) is 0 Å². The fraction of sp³-hybridized carbons (Fsp3) is 0.686. The number of rotatable bonds is 62. The van der Waals surface area contributed by atoms with E-state index in [4.69, 9.17) is 32.7 Å². The molecule has 0 bridgehead atoms. The molecule has 730 valence electrons. The van der Waals surface area contributed by atoms with Gasteiger partial charge in [0.05, 0.1) is 26.4 Å². The van der Waals surface area contributed by atoms with Gasteiger partial charge in [0.15, 0.2) is 18.9 Å². The maximum Gasteiger partial charge on any atom is 0.483 e. The zero-order valence-corrected chi connectivity index (χ0v) is 83.2. The first-order valence-electron chi connectivity index (χ1n) is 47.1. The zero-order chi connectivity index (χ0) is 95.5. The topological polar surface area (TPSA) is 368 Å². The van der Waals surface area contributed by atoms with Gasteiger partial charge in [0.1, 0.15) is 73.1 Å². The van der Waals surface area contributed by atoms with Gasteiger partial charge < -0.3 is 85.0 Å². The van der Waals surface area contributed by atoms with Crippen molar-refractivity contribution in [2.75, 3.05) is 26.4 Å². The Morgan fingerprint density at radius 2 is 0.570 bits per heavy atom. The number of carbonyl (C=O) groups is 2. The van der Waals surface area contributed by atoms with Gasteiger partial charge in [-0.1, -0.05) is 182 Å². The van der Waals surface area contributed by atoms with Crippen molar-refractivity contribution in [2.45, 2.75) is 423 Å². The van der Waals surface area contributed by atoms with Crippen molar-refractivity contribution in [1.29, 1.82) is 0 Å². The number of hydrogen-bond donors (Lipinski definition) is 12. The molecule has 3 aliphatic heterocycles. The van der Waals surface area contributed by atoms with Crippen LogP contribution in [0.3, 0.4) is 0 Å². The van der Waals surface area contributed by atoms with Crippen LogP contribution in [-0.4, -0.2) is 181 Å². The lowest BCUT2D eigenvalue weighted by Crippen LogP contribution is -2.70. The van der Waals surface area contributed by atoms with Gasteiger partial charge in [0, 0.05) is 13.8 Å². The fourth-order valence-corrected chi connectivity index (χ4v) is 17.7. The van der Waals surface area contributed by atoms with Gasteiger partial charge in [-0.25, -0.2) is 9.13 Å². The molecule has 0 aromatic carbocycles. The fourth-order valence-electron chi connectivity index (χ4n) is 15.5. The van der Waals surface area contributed by atoms with E-state index in [1.54, 1.807) is 0 Å². The second-order valence-electron chi connectivity index (χ2n) is 36.7. The molecular formula is C102H170N2O22P2. The number of phosphoric ester groups is 2. The Kier molecular flexibility index (Phi) is 59.1. The van der Waals surface area contributed by atoms with Crippen LogP contribution in [0.1, 0.15) is 331 Å². The number of aliphatic hydroxyl groups excluding tert-OH is 8. The zero-order valence-electron chi connectivity index (χ0n) is 81.4. The van der Waals surface area contributed by atoms with E-state index in [-0.39, 0.29) is 18.9 Å². The van der Waals surface area contributed by atoms with E-state index >= 15 is 0 Å². The maximum absolute atomic E-state index is 13.4. The molecule has 0 radical (unpaired) electrons. The minimum absolute atomic E-state index is 0.00352. The highest BCUT2D eigenvalue weighted by molar-refractivity contribution is 7.61. The lowest BCUT2D eigenvalue weighted by atomic mass is 9.94. The summed E-state index contributed by atoms with van der Waals surface area (Å²) in [6, 6.07) is -3.54. The molecule has 2 amide bonds. The summed E-state index contributed by atoms with van der Waals surface area (Å²) in [5.74, 6) is -1.65. The highest BCUT2D eigenvalue weighted by Crippen LogP contribution is 2.61. The summed E-state index contributed by atoms with van der Waals surface area (Å²) < 4.78 is 69.8. The van der Waals surface area contributed by atoms with Gasteiger partial charge in [-0.2, -0.15) is 4.31 Å². The number of allylic oxidation sites excluding steroid dienone is 30. The molecule has 0 aromatic rings. The first-order chi connectivity index (χ1) is 60.6. The summed E-state index contributed by atoms with van der Waals surface area (Å²) in [5, 5.41) is 89.6. The highest BCUT2D eigenvalue weighted by Gasteiger charge is 2.56. The third-order valence-corrected chi connectivity index (χ3v) is 26.5. The smallest absolute Gasteiger partial charge is 0.394 e. The van der Waals surface area contributed by atoms with Crippen molar-refractivity contribution >= 4 is 27.5 Å². The molecule has 12 N–H and O–H groups in total. The average molecular weight is 1840 g/mol. The molecular weight excluding hydrogens is 1670 g/mol. The molecule has 18 atom stereocenters. The summed E-state index contributed by atoms with van der Waals surface area (Å²) >= 11 is 0. The Bertz CT molecular complexity index is 3890. The van der Waals surface area contributed by atoms with Crippen molar-refractivity contribution in [3.05, 3.63) is 175 Å².